The molecule has 2 aromatic rings. The minimum atomic E-state index is 0.0704. The Kier molecular flexibility index (Phi) is 6.55. The largest absolute Gasteiger partial charge is 0.363 e. The van der Waals surface area contributed by atoms with E-state index in [1.54, 1.807) is 0 Å². The van der Waals surface area contributed by atoms with Crippen LogP contribution in [0, 0.1) is 0 Å². The van der Waals surface area contributed by atoms with Crippen molar-refractivity contribution >= 4 is 29.2 Å². The number of rotatable bonds is 6. The molecule has 0 bridgehead atoms. The first kappa shape index (κ1) is 20.7. The molecule has 1 fully saturated rings. The van der Waals surface area contributed by atoms with Gasteiger partial charge < -0.3 is 15.1 Å². The van der Waals surface area contributed by atoms with Gasteiger partial charge in [0.15, 0.2) is 0 Å². The summed E-state index contributed by atoms with van der Waals surface area (Å²) in [4.78, 5) is 16.4. The van der Waals surface area contributed by atoms with Crippen molar-refractivity contribution in [3.8, 4) is 0 Å². The molecule has 0 saturated carbocycles. The standard InChI is InChI=1S/C23H29ClN6/c1-28(2)22-16-21(25-20-10-8-19(24)9-11-20)26-23(27-22)30-14-12-29(13-15-30)17-18-6-4-3-5-7-18/h3-8,10-11,16,19H,9,12-15,17H2,1-2H3,(H,25,26,27)/t19-/m0/s1. The smallest absolute Gasteiger partial charge is 0.229 e. The zero-order valence-corrected chi connectivity index (χ0v) is 18.4. The van der Waals surface area contributed by atoms with Crippen LogP contribution in [-0.2, 0) is 6.54 Å². The van der Waals surface area contributed by atoms with E-state index < -0.39 is 0 Å². The van der Waals surface area contributed by atoms with E-state index in [2.05, 4.69) is 51.5 Å². The molecule has 1 aliphatic carbocycles. The fourth-order valence-corrected chi connectivity index (χ4v) is 3.80. The number of halogens is 1. The molecule has 2 aliphatic rings. The summed E-state index contributed by atoms with van der Waals surface area (Å²) in [6.07, 6.45) is 6.95. The second-order valence-corrected chi connectivity index (χ2v) is 8.51. The quantitative estimate of drug-likeness (QED) is 0.713. The Hall–Kier alpha value is -2.57. The Morgan fingerprint density at radius 1 is 1.10 bits per heavy atom. The van der Waals surface area contributed by atoms with Crippen molar-refractivity contribution in [2.24, 2.45) is 0 Å². The molecule has 1 aliphatic heterocycles. The molecule has 6 nitrogen and oxygen atoms in total. The summed E-state index contributed by atoms with van der Waals surface area (Å²) in [5.74, 6) is 2.47. The number of anilines is 3. The molecule has 0 unspecified atom stereocenters. The third kappa shape index (κ3) is 5.32. The van der Waals surface area contributed by atoms with Gasteiger partial charge in [0.05, 0.1) is 5.38 Å². The maximum absolute atomic E-state index is 6.14. The van der Waals surface area contributed by atoms with Crippen LogP contribution < -0.4 is 15.1 Å². The zero-order valence-electron chi connectivity index (χ0n) is 17.6. The van der Waals surface area contributed by atoms with Gasteiger partial charge in [-0.05, 0) is 18.1 Å². The van der Waals surface area contributed by atoms with E-state index in [-0.39, 0.29) is 5.38 Å². The average molecular weight is 425 g/mol. The lowest BCUT2D eigenvalue weighted by molar-refractivity contribution is 0.249. The molecule has 1 aromatic carbocycles. The van der Waals surface area contributed by atoms with Crippen LogP contribution in [0.2, 0.25) is 0 Å². The first-order chi connectivity index (χ1) is 14.6. The molecule has 1 atom stereocenters. The molecule has 1 aromatic heterocycles. The van der Waals surface area contributed by atoms with Crippen LogP contribution in [0.15, 0.2) is 60.3 Å². The predicted octanol–water partition coefficient (Wildman–Crippen LogP) is 3.73. The van der Waals surface area contributed by atoms with Crippen molar-refractivity contribution < 1.29 is 0 Å². The molecule has 4 rings (SSSR count). The molecular weight excluding hydrogens is 396 g/mol. The molecule has 30 heavy (non-hydrogen) atoms. The highest BCUT2D eigenvalue weighted by Crippen LogP contribution is 2.23. The number of hydrogen-bond acceptors (Lipinski definition) is 6. The molecule has 0 radical (unpaired) electrons. The van der Waals surface area contributed by atoms with Crippen LogP contribution in [0.3, 0.4) is 0 Å². The van der Waals surface area contributed by atoms with Gasteiger partial charge in [-0.3, -0.25) is 4.90 Å². The second kappa shape index (κ2) is 9.49. The fraction of sp³-hybridized carbons (Fsp3) is 0.391. The summed E-state index contributed by atoms with van der Waals surface area (Å²) in [6, 6.07) is 12.6. The van der Waals surface area contributed by atoms with Gasteiger partial charge in [-0.25, -0.2) is 0 Å². The molecule has 0 spiro atoms. The summed E-state index contributed by atoms with van der Waals surface area (Å²) in [5, 5.41) is 3.49. The van der Waals surface area contributed by atoms with E-state index in [0.717, 1.165) is 62.4 Å². The van der Waals surface area contributed by atoms with Crippen LogP contribution in [-0.4, -0.2) is 60.5 Å². The Morgan fingerprint density at radius 2 is 1.87 bits per heavy atom. The number of nitrogens with one attached hydrogen (secondary N) is 1. The van der Waals surface area contributed by atoms with Gasteiger partial charge >= 0.3 is 0 Å². The molecule has 1 N–H and O–H groups in total. The van der Waals surface area contributed by atoms with E-state index >= 15 is 0 Å². The molecule has 1 saturated heterocycles. The Bertz CT molecular complexity index is 903. The number of piperazine rings is 1. The highest BCUT2D eigenvalue weighted by molar-refractivity contribution is 6.22. The number of benzene rings is 1. The Balaban J connectivity index is 1.44. The van der Waals surface area contributed by atoms with Gasteiger partial charge in [-0.15, -0.1) is 11.6 Å². The number of alkyl halides is 1. The average Bonchev–Trinajstić information content (AvgIpc) is 2.76. The molecule has 0 amide bonds. The lowest BCUT2D eigenvalue weighted by atomic mass is 10.1. The number of aromatic nitrogens is 2. The van der Waals surface area contributed by atoms with Crippen molar-refractivity contribution in [2.45, 2.75) is 18.3 Å². The first-order valence-electron chi connectivity index (χ1n) is 10.4. The molecule has 2 heterocycles. The van der Waals surface area contributed by atoms with Crippen LogP contribution in [0.4, 0.5) is 17.6 Å². The van der Waals surface area contributed by atoms with Crippen molar-refractivity contribution in [1.29, 1.82) is 0 Å². The highest BCUT2D eigenvalue weighted by atomic mass is 35.5. The highest BCUT2D eigenvalue weighted by Gasteiger charge is 2.21. The van der Waals surface area contributed by atoms with Crippen LogP contribution in [0.25, 0.3) is 0 Å². The third-order valence-electron chi connectivity index (χ3n) is 5.38. The minimum absolute atomic E-state index is 0.0704. The van der Waals surface area contributed by atoms with Gasteiger partial charge in [0.2, 0.25) is 5.95 Å². The lowest BCUT2D eigenvalue weighted by Crippen LogP contribution is -2.46. The van der Waals surface area contributed by atoms with Gasteiger partial charge in [0, 0.05) is 58.6 Å². The normalized spacial score (nSPS) is 19.5. The predicted molar refractivity (Wildman–Crippen MR) is 125 cm³/mol. The zero-order chi connectivity index (χ0) is 20.9. The minimum Gasteiger partial charge on any atom is -0.363 e. The summed E-state index contributed by atoms with van der Waals surface area (Å²) in [6.45, 7) is 4.82. The van der Waals surface area contributed by atoms with E-state index in [4.69, 9.17) is 21.6 Å². The van der Waals surface area contributed by atoms with Crippen molar-refractivity contribution in [3.05, 3.63) is 65.9 Å². The number of hydrogen-bond donors (Lipinski definition) is 1. The number of allylic oxidation sites excluding steroid dienone is 3. The Labute approximate surface area is 183 Å². The van der Waals surface area contributed by atoms with Crippen molar-refractivity contribution in [2.75, 3.05) is 55.4 Å². The van der Waals surface area contributed by atoms with E-state index in [0.29, 0.717) is 0 Å². The topological polar surface area (TPSA) is 47.5 Å². The SMILES string of the molecule is CN(C)c1cc(NC2=CC[C@@H](Cl)C=C2)nc(N2CCN(Cc3ccccc3)CC2)n1. The fourth-order valence-electron chi connectivity index (χ4n) is 3.64. The first-order valence-corrected chi connectivity index (χ1v) is 10.9. The van der Waals surface area contributed by atoms with Gasteiger partial charge in [0.1, 0.15) is 11.6 Å². The van der Waals surface area contributed by atoms with Gasteiger partial charge in [-0.2, -0.15) is 9.97 Å². The van der Waals surface area contributed by atoms with Gasteiger partial charge in [-0.1, -0.05) is 42.5 Å². The maximum atomic E-state index is 6.14. The number of nitrogens with zero attached hydrogens (tertiary/aromatic N) is 5. The summed E-state index contributed by atoms with van der Waals surface area (Å²) in [7, 11) is 4.01. The van der Waals surface area contributed by atoms with E-state index in [9.17, 15) is 0 Å². The van der Waals surface area contributed by atoms with E-state index in [1.807, 2.05) is 37.2 Å². The lowest BCUT2D eigenvalue weighted by Gasteiger charge is -2.35. The third-order valence-corrected chi connectivity index (χ3v) is 5.71. The molecular formula is C23H29ClN6. The second-order valence-electron chi connectivity index (χ2n) is 7.95. The molecule has 158 valence electrons. The van der Waals surface area contributed by atoms with E-state index in [1.165, 1.54) is 5.56 Å². The maximum Gasteiger partial charge on any atom is 0.229 e. The van der Waals surface area contributed by atoms with Gasteiger partial charge in [0.25, 0.3) is 0 Å². The summed E-state index contributed by atoms with van der Waals surface area (Å²) in [5.41, 5.74) is 2.38. The summed E-state index contributed by atoms with van der Waals surface area (Å²) >= 11 is 6.14. The molecule has 7 heteroatoms. The van der Waals surface area contributed by atoms with Crippen molar-refractivity contribution in [1.82, 2.24) is 14.9 Å². The van der Waals surface area contributed by atoms with Crippen molar-refractivity contribution in [3.63, 3.8) is 0 Å². The Morgan fingerprint density at radius 3 is 2.53 bits per heavy atom. The van der Waals surface area contributed by atoms with Crippen LogP contribution >= 0.6 is 11.6 Å². The van der Waals surface area contributed by atoms with Crippen LogP contribution in [0.5, 0.6) is 0 Å². The monoisotopic (exact) mass is 424 g/mol. The summed E-state index contributed by atoms with van der Waals surface area (Å²) < 4.78 is 0. The van der Waals surface area contributed by atoms with Crippen LogP contribution in [0.1, 0.15) is 12.0 Å².